The van der Waals surface area contributed by atoms with E-state index in [0.29, 0.717) is 11.8 Å². The van der Waals surface area contributed by atoms with Crippen LogP contribution in [0.4, 0.5) is 0 Å². The first-order valence-corrected chi connectivity index (χ1v) is 11.5. The standard InChI is InChI=1S/C29H28N2O/c32-29(25-16-14-23(15-17-25)22-6-2-1-3-7-22)31-19-21-10-12-24(13-11-21)27-18-26-8-4-5-9-28(26)30-20-27/h1-9,14-18,20-21,24H,10-13,19H2,(H,31,32). The molecule has 3 heteroatoms. The number of pyridine rings is 1. The molecule has 1 N–H and O–H groups in total. The predicted octanol–water partition coefficient (Wildman–Crippen LogP) is 6.61. The molecule has 0 bridgehead atoms. The topological polar surface area (TPSA) is 42.0 Å². The largest absolute Gasteiger partial charge is 0.352 e. The van der Waals surface area contributed by atoms with Gasteiger partial charge in [0.25, 0.3) is 5.91 Å². The molecule has 0 radical (unpaired) electrons. The Morgan fingerprint density at radius 1 is 0.812 bits per heavy atom. The highest BCUT2D eigenvalue weighted by atomic mass is 16.1. The van der Waals surface area contributed by atoms with E-state index in [9.17, 15) is 4.79 Å². The third-order valence-corrected chi connectivity index (χ3v) is 6.74. The average Bonchev–Trinajstić information content (AvgIpc) is 2.88. The number of rotatable bonds is 5. The molecule has 1 heterocycles. The molecule has 32 heavy (non-hydrogen) atoms. The number of hydrogen-bond donors (Lipinski definition) is 1. The molecule has 5 rings (SSSR count). The van der Waals surface area contributed by atoms with Crippen LogP contribution in [0.15, 0.2) is 91.1 Å². The summed E-state index contributed by atoms with van der Waals surface area (Å²) >= 11 is 0. The first-order chi connectivity index (χ1) is 15.8. The normalized spacial score (nSPS) is 18.4. The lowest BCUT2D eigenvalue weighted by Gasteiger charge is -2.29. The van der Waals surface area contributed by atoms with Crippen molar-refractivity contribution in [1.29, 1.82) is 0 Å². The van der Waals surface area contributed by atoms with Crippen molar-refractivity contribution in [3.8, 4) is 11.1 Å². The molecule has 1 fully saturated rings. The number of para-hydroxylation sites is 1. The molecule has 1 amide bonds. The predicted molar refractivity (Wildman–Crippen MR) is 131 cm³/mol. The van der Waals surface area contributed by atoms with Crippen LogP contribution in [0, 0.1) is 5.92 Å². The fourth-order valence-corrected chi connectivity index (χ4v) is 4.79. The Balaban J connectivity index is 1.13. The molecule has 1 aromatic heterocycles. The van der Waals surface area contributed by atoms with Gasteiger partial charge in [-0.3, -0.25) is 9.78 Å². The van der Waals surface area contributed by atoms with Crippen molar-refractivity contribution in [1.82, 2.24) is 10.3 Å². The maximum atomic E-state index is 12.6. The Morgan fingerprint density at radius 3 is 2.28 bits per heavy atom. The Labute approximate surface area is 189 Å². The van der Waals surface area contributed by atoms with Crippen molar-refractivity contribution in [2.75, 3.05) is 6.54 Å². The summed E-state index contributed by atoms with van der Waals surface area (Å²) in [6.07, 6.45) is 6.66. The summed E-state index contributed by atoms with van der Waals surface area (Å²) in [4.78, 5) is 17.3. The first-order valence-electron chi connectivity index (χ1n) is 11.5. The molecule has 3 nitrogen and oxygen atoms in total. The molecule has 1 aliphatic rings. The van der Waals surface area contributed by atoms with E-state index in [-0.39, 0.29) is 5.91 Å². The lowest BCUT2D eigenvalue weighted by molar-refractivity contribution is 0.0943. The monoisotopic (exact) mass is 420 g/mol. The summed E-state index contributed by atoms with van der Waals surface area (Å²) < 4.78 is 0. The molecule has 0 spiro atoms. The van der Waals surface area contributed by atoms with E-state index >= 15 is 0 Å². The van der Waals surface area contributed by atoms with Gasteiger partial charge in [-0.1, -0.05) is 60.7 Å². The van der Waals surface area contributed by atoms with Crippen molar-refractivity contribution in [3.05, 3.63) is 102 Å². The second kappa shape index (κ2) is 9.35. The molecular weight excluding hydrogens is 392 g/mol. The molecular formula is C29H28N2O. The highest BCUT2D eigenvalue weighted by Gasteiger charge is 2.23. The SMILES string of the molecule is O=C(NCC1CCC(c2cnc3ccccc3c2)CC1)c1ccc(-c2ccccc2)cc1. The van der Waals surface area contributed by atoms with Crippen molar-refractivity contribution in [3.63, 3.8) is 0 Å². The van der Waals surface area contributed by atoms with Gasteiger partial charge < -0.3 is 5.32 Å². The number of nitrogens with one attached hydrogen (secondary N) is 1. The summed E-state index contributed by atoms with van der Waals surface area (Å²) in [5.41, 5.74) is 5.43. The molecule has 0 unspecified atom stereocenters. The van der Waals surface area contributed by atoms with Crippen molar-refractivity contribution < 1.29 is 4.79 Å². The Bertz CT molecular complexity index is 1190. The maximum absolute atomic E-state index is 12.6. The van der Waals surface area contributed by atoms with Crippen LogP contribution in [0.1, 0.15) is 47.5 Å². The number of carbonyl (C=O) groups is 1. The van der Waals surface area contributed by atoms with E-state index in [1.807, 2.05) is 54.7 Å². The molecule has 1 saturated carbocycles. The average molecular weight is 421 g/mol. The van der Waals surface area contributed by atoms with Crippen LogP contribution in [0.5, 0.6) is 0 Å². The number of carbonyl (C=O) groups excluding carboxylic acids is 1. The summed E-state index contributed by atoms with van der Waals surface area (Å²) in [6.45, 7) is 0.752. The number of nitrogens with zero attached hydrogens (tertiary/aromatic N) is 1. The molecule has 1 aliphatic carbocycles. The number of amides is 1. The van der Waals surface area contributed by atoms with Gasteiger partial charge in [0, 0.05) is 23.7 Å². The van der Waals surface area contributed by atoms with E-state index in [1.165, 1.54) is 10.9 Å². The van der Waals surface area contributed by atoms with Crippen molar-refractivity contribution >= 4 is 16.8 Å². The summed E-state index contributed by atoms with van der Waals surface area (Å²) in [6, 6.07) is 28.7. The third kappa shape index (κ3) is 4.57. The van der Waals surface area contributed by atoms with Gasteiger partial charge in [-0.25, -0.2) is 0 Å². The van der Waals surface area contributed by atoms with Crippen LogP contribution in [0.25, 0.3) is 22.0 Å². The number of benzene rings is 3. The van der Waals surface area contributed by atoms with Gasteiger partial charge in [-0.05, 0) is 78.5 Å². The quantitative estimate of drug-likeness (QED) is 0.395. The van der Waals surface area contributed by atoms with Gasteiger partial charge in [0.05, 0.1) is 5.52 Å². The minimum atomic E-state index is 0.0189. The minimum Gasteiger partial charge on any atom is -0.352 e. The van der Waals surface area contributed by atoms with Crippen molar-refractivity contribution in [2.45, 2.75) is 31.6 Å². The van der Waals surface area contributed by atoms with E-state index in [4.69, 9.17) is 0 Å². The smallest absolute Gasteiger partial charge is 0.251 e. The maximum Gasteiger partial charge on any atom is 0.251 e. The molecule has 0 saturated heterocycles. The lowest BCUT2D eigenvalue weighted by atomic mass is 9.79. The first kappa shape index (κ1) is 20.4. The molecule has 160 valence electrons. The third-order valence-electron chi connectivity index (χ3n) is 6.74. The van der Waals surface area contributed by atoms with Gasteiger partial charge in [-0.2, -0.15) is 0 Å². The fraction of sp³-hybridized carbons (Fsp3) is 0.241. The van der Waals surface area contributed by atoms with Crippen molar-refractivity contribution in [2.24, 2.45) is 5.92 Å². The second-order valence-corrected chi connectivity index (χ2v) is 8.83. The van der Waals surface area contributed by atoms with Gasteiger partial charge in [0.1, 0.15) is 0 Å². The van der Waals surface area contributed by atoms with Crippen LogP contribution < -0.4 is 5.32 Å². The Morgan fingerprint density at radius 2 is 1.50 bits per heavy atom. The molecule has 3 aromatic carbocycles. The fourth-order valence-electron chi connectivity index (χ4n) is 4.79. The summed E-state index contributed by atoms with van der Waals surface area (Å²) in [5, 5.41) is 4.38. The minimum absolute atomic E-state index is 0.0189. The Hall–Kier alpha value is -3.46. The summed E-state index contributed by atoms with van der Waals surface area (Å²) in [7, 11) is 0. The molecule has 0 atom stereocenters. The van der Waals surface area contributed by atoms with E-state index in [1.54, 1.807) is 0 Å². The number of hydrogen-bond acceptors (Lipinski definition) is 2. The zero-order chi connectivity index (χ0) is 21.8. The number of aromatic nitrogens is 1. The van der Waals surface area contributed by atoms with Crippen LogP contribution >= 0.6 is 0 Å². The van der Waals surface area contributed by atoms with E-state index in [2.05, 4.69) is 46.7 Å². The highest BCUT2D eigenvalue weighted by molar-refractivity contribution is 5.94. The molecule has 4 aromatic rings. The highest BCUT2D eigenvalue weighted by Crippen LogP contribution is 2.36. The zero-order valence-corrected chi connectivity index (χ0v) is 18.2. The Kier molecular flexibility index (Phi) is 5.98. The van der Waals surface area contributed by atoms with Gasteiger partial charge in [-0.15, -0.1) is 0 Å². The van der Waals surface area contributed by atoms with Gasteiger partial charge in [0.2, 0.25) is 0 Å². The zero-order valence-electron chi connectivity index (χ0n) is 18.2. The van der Waals surface area contributed by atoms with Crippen LogP contribution in [0.2, 0.25) is 0 Å². The van der Waals surface area contributed by atoms with Gasteiger partial charge in [0.15, 0.2) is 0 Å². The van der Waals surface area contributed by atoms with Gasteiger partial charge >= 0.3 is 0 Å². The second-order valence-electron chi connectivity index (χ2n) is 8.83. The molecule has 0 aliphatic heterocycles. The van der Waals surface area contributed by atoms with Crippen LogP contribution in [-0.2, 0) is 0 Å². The van der Waals surface area contributed by atoms with Crippen LogP contribution in [0.3, 0.4) is 0 Å². The summed E-state index contributed by atoms with van der Waals surface area (Å²) in [5.74, 6) is 1.14. The number of fused-ring (bicyclic) bond motifs is 1. The van der Waals surface area contributed by atoms with E-state index < -0.39 is 0 Å². The lowest BCUT2D eigenvalue weighted by Crippen LogP contribution is -2.31. The van der Waals surface area contributed by atoms with Crippen LogP contribution in [-0.4, -0.2) is 17.4 Å². The van der Waals surface area contributed by atoms with E-state index in [0.717, 1.165) is 54.4 Å².